The zero-order valence-corrected chi connectivity index (χ0v) is 12.4. The summed E-state index contributed by atoms with van der Waals surface area (Å²) >= 11 is 0. The normalized spacial score (nSPS) is 17.8. The number of hydrogen-bond acceptors (Lipinski definition) is 4. The van der Waals surface area contributed by atoms with Crippen LogP contribution in [0.4, 0.5) is 4.79 Å². The Morgan fingerprint density at radius 2 is 1.95 bits per heavy atom. The van der Waals surface area contributed by atoms with Crippen molar-refractivity contribution < 1.29 is 14.4 Å². The van der Waals surface area contributed by atoms with Gasteiger partial charge in [-0.3, -0.25) is 14.9 Å². The summed E-state index contributed by atoms with van der Waals surface area (Å²) < 4.78 is 0. The molecule has 0 aromatic rings. The minimum absolute atomic E-state index is 0. The Balaban J connectivity index is 0.00000324. The van der Waals surface area contributed by atoms with E-state index >= 15 is 0 Å². The van der Waals surface area contributed by atoms with Crippen molar-refractivity contribution in [2.75, 3.05) is 13.1 Å². The van der Waals surface area contributed by atoms with Crippen LogP contribution in [0.5, 0.6) is 0 Å². The molecule has 7 nitrogen and oxygen atoms in total. The van der Waals surface area contributed by atoms with Gasteiger partial charge in [0.2, 0.25) is 5.91 Å². The van der Waals surface area contributed by atoms with Crippen molar-refractivity contribution in [2.24, 2.45) is 5.73 Å². The molecule has 8 heteroatoms. The smallest absolute Gasteiger partial charge is 0.325 e. The molecule has 0 spiro atoms. The molecule has 1 heterocycles. The number of halogens is 1. The molecule has 0 unspecified atom stereocenters. The molecular formula is C11H21ClN4O3. The fourth-order valence-corrected chi connectivity index (χ4v) is 1.58. The quantitative estimate of drug-likeness (QED) is 0.613. The molecule has 0 bridgehead atoms. The SMILES string of the molecule is CC(C)(CN)NC(=O)CN1C(=O)NC(=O)C1(C)C.Cl. The van der Waals surface area contributed by atoms with Gasteiger partial charge in [0.25, 0.3) is 5.91 Å². The number of amides is 4. The molecule has 1 saturated heterocycles. The average Bonchev–Trinajstić information content (AvgIpc) is 2.41. The van der Waals surface area contributed by atoms with Crippen LogP contribution in [0.2, 0.25) is 0 Å². The summed E-state index contributed by atoms with van der Waals surface area (Å²) in [5, 5.41) is 4.89. The number of hydrogen-bond donors (Lipinski definition) is 3. The van der Waals surface area contributed by atoms with E-state index in [1.54, 1.807) is 27.7 Å². The molecule has 0 saturated carbocycles. The molecule has 1 rings (SSSR count). The molecule has 0 aliphatic carbocycles. The highest BCUT2D eigenvalue weighted by Crippen LogP contribution is 2.20. The lowest BCUT2D eigenvalue weighted by Crippen LogP contribution is -2.54. The first-order valence-corrected chi connectivity index (χ1v) is 5.74. The number of imide groups is 1. The van der Waals surface area contributed by atoms with Gasteiger partial charge < -0.3 is 16.0 Å². The molecule has 0 aromatic heterocycles. The second-order valence-electron chi connectivity index (χ2n) is 5.54. The fraction of sp³-hybridized carbons (Fsp3) is 0.727. The van der Waals surface area contributed by atoms with Gasteiger partial charge in [-0.15, -0.1) is 12.4 Å². The first-order chi connectivity index (χ1) is 8.10. The van der Waals surface area contributed by atoms with E-state index in [0.717, 1.165) is 0 Å². The molecule has 4 N–H and O–H groups in total. The lowest BCUT2D eigenvalue weighted by atomic mass is 10.0. The molecule has 0 atom stereocenters. The fourth-order valence-electron chi connectivity index (χ4n) is 1.58. The van der Waals surface area contributed by atoms with E-state index in [4.69, 9.17) is 5.73 Å². The summed E-state index contributed by atoms with van der Waals surface area (Å²) in [5.74, 6) is -0.748. The predicted molar refractivity (Wildman–Crippen MR) is 72.8 cm³/mol. The van der Waals surface area contributed by atoms with Gasteiger partial charge in [0.15, 0.2) is 0 Å². The first-order valence-electron chi connectivity index (χ1n) is 5.74. The maximum absolute atomic E-state index is 11.8. The van der Waals surface area contributed by atoms with Crippen molar-refractivity contribution in [3.63, 3.8) is 0 Å². The predicted octanol–water partition coefficient (Wildman–Crippen LogP) is -0.408. The van der Waals surface area contributed by atoms with E-state index in [1.807, 2.05) is 0 Å². The minimum atomic E-state index is -1.01. The van der Waals surface area contributed by atoms with Gasteiger partial charge in [-0.25, -0.2) is 4.79 Å². The molecular weight excluding hydrogens is 272 g/mol. The molecule has 1 aliphatic heterocycles. The van der Waals surface area contributed by atoms with Crippen molar-refractivity contribution in [2.45, 2.75) is 38.8 Å². The summed E-state index contributed by atoms with van der Waals surface area (Å²) in [6, 6.07) is -0.550. The van der Waals surface area contributed by atoms with Gasteiger partial charge in [0, 0.05) is 12.1 Å². The van der Waals surface area contributed by atoms with Crippen molar-refractivity contribution in [3.8, 4) is 0 Å². The highest BCUT2D eigenvalue weighted by molar-refractivity contribution is 6.07. The monoisotopic (exact) mass is 292 g/mol. The highest BCUT2D eigenvalue weighted by atomic mass is 35.5. The van der Waals surface area contributed by atoms with E-state index in [9.17, 15) is 14.4 Å². The molecule has 0 aromatic carbocycles. The standard InChI is InChI=1S/C11H20N4O3.ClH/c1-10(2,6-12)14-7(16)5-15-9(18)13-8(17)11(15,3)4;/h5-6,12H2,1-4H3,(H,14,16)(H,13,17,18);1H. The Kier molecular flexibility index (Phi) is 5.34. The molecule has 110 valence electrons. The third kappa shape index (κ3) is 3.81. The van der Waals surface area contributed by atoms with Crippen LogP contribution in [0.3, 0.4) is 0 Å². The zero-order chi connectivity index (χ0) is 14.1. The molecule has 19 heavy (non-hydrogen) atoms. The summed E-state index contributed by atoms with van der Waals surface area (Å²) in [4.78, 5) is 36.1. The van der Waals surface area contributed by atoms with Gasteiger partial charge in [0.05, 0.1) is 0 Å². The van der Waals surface area contributed by atoms with Gasteiger partial charge in [-0.05, 0) is 27.7 Å². The number of rotatable bonds is 4. The Hall–Kier alpha value is -1.34. The van der Waals surface area contributed by atoms with Crippen LogP contribution >= 0.6 is 12.4 Å². The summed E-state index contributed by atoms with van der Waals surface area (Å²) in [6.45, 7) is 6.86. The van der Waals surface area contributed by atoms with E-state index in [-0.39, 0.29) is 31.4 Å². The van der Waals surface area contributed by atoms with Gasteiger partial charge in [-0.1, -0.05) is 0 Å². The van der Waals surface area contributed by atoms with Gasteiger partial charge in [-0.2, -0.15) is 0 Å². The Morgan fingerprint density at radius 3 is 2.32 bits per heavy atom. The maximum Gasteiger partial charge on any atom is 0.325 e. The topological polar surface area (TPSA) is 105 Å². The second kappa shape index (κ2) is 5.75. The highest BCUT2D eigenvalue weighted by Gasteiger charge is 2.46. The summed E-state index contributed by atoms with van der Waals surface area (Å²) in [7, 11) is 0. The van der Waals surface area contributed by atoms with Crippen molar-refractivity contribution in [1.82, 2.24) is 15.5 Å². The van der Waals surface area contributed by atoms with Gasteiger partial charge >= 0.3 is 6.03 Å². The van der Waals surface area contributed by atoms with Crippen LogP contribution in [-0.4, -0.2) is 46.9 Å². The maximum atomic E-state index is 11.8. The molecule has 4 amide bonds. The lowest BCUT2D eigenvalue weighted by Gasteiger charge is -2.30. The van der Waals surface area contributed by atoms with Crippen LogP contribution in [0.15, 0.2) is 0 Å². The van der Waals surface area contributed by atoms with Crippen LogP contribution < -0.4 is 16.4 Å². The van der Waals surface area contributed by atoms with Crippen LogP contribution in [0.25, 0.3) is 0 Å². The third-order valence-electron chi connectivity index (χ3n) is 2.99. The lowest BCUT2D eigenvalue weighted by molar-refractivity contribution is -0.127. The summed E-state index contributed by atoms with van der Waals surface area (Å²) in [6.07, 6.45) is 0. The first kappa shape index (κ1) is 17.7. The Labute approximate surface area is 118 Å². The van der Waals surface area contributed by atoms with Crippen LogP contribution in [-0.2, 0) is 9.59 Å². The largest absolute Gasteiger partial charge is 0.348 e. The van der Waals surface area contributed by atoms with Crippen molar-refractivity contribution >= 4 is 30.3 Å². The minimum Gasteiger partial charge on any atom is -0.348 e. The van der Waals surface area contributed by atoms with Crippen LogP contribution in [0.1, 0.15) is 27.7 Å². The number of carbonyl (C=O) groups excluding carboxylic acids is 3. The second-order valence-corrected chi connectivity index (χ2v) is 5.54. The van der Waals surface area contributed by atoms with Crippen LogP contribution in [0, 0.1) is 0 Å². The van der Waals surface area contributed by atoms with E-state index in [0.29, 0.717) is 0 Å². The molecule has 0 radical (unpaired) electrons. The van der Waals surface area contributed by atoms with E-state index in [1.165, 1.54) is 4.90 Å². The van der Waals surface area contributed by atoms with Crippen molar-refractivity contribution in [3.05, 3.63) is 0 Å². The number of nitrogens with one attached hydrogen (secondary N) is 2. The van der Waals surface area contributed by atoms with Gasteiger partial charge in [0.1, 0.15) is 12.1 Å². The molecule has 1 aliphatic rings. The van der Waals surface area contributed by atoms with E-state index in [2.05, 4.69) is 10.6 Å². The zero-order valence-electron chi connectivity index (χ0n) is 11.6. The summed E-state index contributed by atoms with van der Waals surface area (Å²) in [5.41, 5.74) is 3.95. The number of nitrogens with zero attached hydrogens (tertiary/aromatic N) is 1. The molecule has 1 fully saturated rings. The Bertz CT molecular complexity index is 395. The van der Waals surface area contributed by atoms with E-state index < -0.39 is 23.0 Å². The third-order valence-corrected chi connectivity index (χ3v) is 2.99. The Morgan fingerprint density at radius 1 is 1.42 bits per heavy atom. The number of nitrogens with two attached hydrogens (primary N) is 1. The van der Waals surface area contributed by atoms with Crippen molar-refractivity contribution in [1.29, 1.82) is 0 Å². The number of carbonyl (C=O) groups is 3. The average molecular weight is 293 g/mol. The number of urea groups is 1.